The second-order valence-corrected chi connectivity index (χ2v) is 12.0. The van der Waals surface area contributed by atoms with Crippen molar-refractivity contribution in [2.45, 2.75) is 58.4 Å². The molecule has 3 N–H and O–H groups in total. The van der Waals surface area contributed by atoms with Gasteiger partial charge in [-0.25, -0.2) is 15.4 Å². The number of hydroxylamine groups is 1. The Morgan fingerprint density at radius 1 is 1.05 bits per heavy atom. The van der Waals surface area contributed by atoms with Gasteiger partial charge >= 0.3 is 0 Å². The SMILES string of the molecule is CC(=O)c1c(C)c2cnc(Nc3ccc(N4CC5CN(CCCC(=O)NO)CC5C4)cn3)nc2n(C2CCCC2)c1=O. The monoisotopic (exact) mass is 574 g/mol. The van der Waals surface area contributed by atoms with Gasteiger partial charge in [0, 0.05) is 50.2 Å². The number of aryl methyl sites for hydroxylation is 1. The van der Waals surface area contributed by atoms with E-state index in [-0.39, 0.29) is 28.9 Å². The molecule has 3 aromatic heterocycles. The maximum Gasteiger partial charge on any atom is 0.263 e. The van der Waals surface area contributed by atoms with Crippen molar-refractivity contribution in [2.24, 2.45) is 11.8 Å². The number of pyridine rings is 2. The number of carbonyl (C=O) groups is 2. The summed E-state index contributed by atoms with van der Waals surface area (Å²) >= 11 is 0. The van der Waals surface area contributed by atoms with Crippen molar-refractivity contribution in [2.75, 3.05) is 42.9 Å². The lowest BCUT2D eigenvalue weighted by Crippen LogP contribution is -2.30. The number of Topliss-reactive ketones (excluding diaryl/α,β-unsaturated/α-hetero) is 1. The maximum absolute atomic E-state index is 13.5. The third-order valence-electron chi connectivity index (χ3n) is 9.17. The number of ketones is 1. The van der Waals surface area contributed by atoms with E-state index in [9.17, 15) is 14.4 Å². The second-order valence-electron chi connectivity index (χ2n) is 12.0. The molecule has 2 atom stereocenters. The van der Waals surface area contributed by atoms with Crippen LogP contribution in [0.25, 0.3) is 11.0 Å². The summed E-state index contributed by atoms with van der Waals surface area (Å²) in [5.41, 5.74) is 3.90. The van der Waals surface area contributed by atoms with E-state index in [0.717, 1.165) is 75.9 Å². The number of aromatic nitrogens is 4. The summed E-state index contributed by atoms with van der Waals surface area (Å²) in [7, 11) is 0. The fraction of sp³-hybridized carbons (Fsp3) is 0.533. The zero-order valence-electron chi connectivity index (χ0n) is 24.2. The highest BCUT2D eigenvalue weighted by Crippen LogP contribution is 2.35. The minimum atomic E-state index is -0.333. The Bertz CT molecular complexity index is 1540. The van der Waals surface area contributed by atoms with E-state index in [1.54, 1.807) is 23.2 Å². The molecule has 42 heavy (non-hydrogen) atoms. The average molecular weight is 575 g/mol. The van der Waals surface area contributed by atoms with Crippen molar-refractivity contribution in [3.05, 3.63) is 46.0 Å². The largest absolute Gasteiger partial charge is 0.370 e. The van der Waals surface area contributed by atoms with Crippen LogP contribution in [-0.2, 0) is 4.79 Å². The number of fused-ring (bicyclic) bond motifs is 2. The summed E-state index contributed by atoms with van der Waals surface area (Å²) in [6, 6.07) is 4.00. The second kappa shape index (κ2) is 11.8. The van der Waals surface area contributed by atoms with Gasteiger partial charge in [0.1, 0.15) is 11.5 Å². The van der Waals surface area contributed by atoms with E-state index in [2.05, 4.69) is 31.2 Å². The van der Waals surface area contributed by atoms with Crippen LogP contribution in [0, 0.1) is 18.8 Å². The van der Waals surface area contributed by atoms with Crippen molar-refractivity contribution in [1.82, 2.24) is 29.9 Å². The molecule has 0 aromatic carbocycles. The number of anilines is 3. The first-order valence-corrected chi connectivity index (χ1v) is 14.9. The van der Waals surface area contributed by atoms with E-state index in [0.29, 0.717) is 41.2 Å². The first-order chi connectivity index (χ1) is 20.3. The molecular weight excluding hydrogens is 536 g/mol. The highest BCUT2D eigenvalue weighted by atomic mass is 16.5. The van der Waals surface area contributed by atoms with Crippen molar-refractivity contribution >= 4 is 40.2 Å². The van der Waals surface area contributed by atoms with Gasteiger partial charge in [-0.05, 0) is 69.2 Å². The normalized spacial score (nSPS) is 20.8. The molecular formula is C30H38N8O4. The molecule has 12 heteroatoms. The molecule has 0 radical (unpaired) electrons. The molecule has 12 nitrogen and oxygen atoms in total. The van der Waals surface area contributed by atoms with Crippen LogP contribution < -0.4 is 21.3 Å². The number of amides is 1. The standard InChI is InChI=1S/C30H38N8O4/c1-18-24-13-32-30(34-28(24)38(22-6-3-4-7-22)29(41)27(18)19(2)39)33-25-10-9-23(12-31-25)37-16-20-14-36(15-21(20)17-37)11-5-8-26(40)35-42/h9-10,12-13,20-22,42H,3-8,11,14-17H2,1-2H3,(H,35,40)(H,31,32,33,34). The Balaban J connectivity index is 1.14. The van der Waals surface area contributed by atoms with Crippen LogP contribution >= 0.6 is 0 Å². The van der Waals surface area contributed by atoms with Crippen LogP contribution in [0.4, 0.5) is 17.5 Å². The third-order valence-corrected chi connectivity index (χ3v) is 9.17. The zero-order chi connectivity index (χ0) is 29.4. The summed E-state index contributed by atoms with van der Waals surface area (Å²) in [4.78, 5) is 55.8. The minimum absolute atomic E-state index is 0.0265. The van der Waals surface area contributed by atoms with Crippen LogP contribution in [0.5, 0.6) is 0 Å². The lowest BCUT2D eigenvalue weighted by Gasteiger charge is -2.23. The molecule has 1 aliphatic carbocycles. The topological polar surface area (TPSA) is 146 Å². The van der Waals surface area contributed by atoms with Crippen LogP contribution in [0.1, 0.15) is 67.4 Å². The van der Waals surface area contributed by atoms with Gasteiger partial charge in [0.25, 0.3) is 5.56 Å². The van der Waals surface area contributed by atoms with Crippen LogP contribution in [0.2, 0.25) is 0 Å². The van der Waals surface area contributed by atoms with Gasteiger partial charge in [-0.1, -0.05) is 12.8 Å². The number of hydrogen-bond donors (Lipinski definition) is 3. The first kappa shape index (κ1) is 28.2. The highest BCUT2D eigenvalue weighted by Gasteiger charge is 2.39. The summed E-state index contributed by atoms with van der Waals surface area (Å²) < 4.78 is 1.71. The van der Waals surface area contributed by atoms with Crippen LogP contribution in [0.3, 0.4) is 0 Å². The van der Waals surface area contributed by atoms with Gasteiger partial charge in [-0.2, -0.15) is 4.98 Å². The first-order valence-electron chi connectivity index (χ1n) is 14.9. The fourth-order valence-corrected chi connectivity index (χ4v) is 7.07. The summed E-state index contributed by atoms with van der Waals surface area (Å²) in [6.45, 7) is 8.09. The van der Waals surface area contributed by atoms with E-state index in [4.69, 9.17) is 10.2 Å². The van der Waals surface area contributed by atoms with Gasteiger partial charge in [-0.15, -0.1) is 0 Å². The Hall–Kier alpha value is -3.90. The number of hydrogen-bond acceptors (Lipinski definition) is 10. The Kier molecular flexibility index (Phi) is 7.91. The van der Waals surface area contributed by atoms with E-state index >= 15 is 0 Å². The number of rotatable bonds is 9. The van der Waals surface area contributed by atoms with Gasteiger partial charge in [0.15, 0.2) is 5.78 Å². The molecule has 3 aromatic rings. The average Bonchev–Trinajstić information content (AvgIpc) is 3.71. The minimum Gasteiger partial charge on any atom is -0.370 e. The predicted molar refractivity (Wildman–Crippen MR) is 158 cm³/mol. The number of nitrogens with zero attached hydrogens (tertiary/aromatic N) is 6. The molecule has 2 saturated heterocycles. The molecule has 6 rings (SSSR count). The van der Waals surface area contributed by atoms with E-state index < -0.39 is 0 Å². The van der Waals surface area contributed by atoms with Crippen molar-refractivity contribution in [3.8, 4) is 0 Å². The Morgan fingerprint density at radius 3 is 2.43 bits per heavy atom. The lowest BCUT2D eigenvalue weighted by atomic mass is 10.0. The number of carbonyl (C=O) groups excluding carboxylic acids is 2. The summed E-state index contributed by atoms with van der Waals surface area (Å²) in [5, 5.41) is 12.6. The molecule has 1 amide bonds. The molecule has 3 aliphatic rings. The molecule has 1 saturated carbocycles. The smallest absolute Gasteiger partial charge is 0.263 e. The fourth-order valence-electron chi connectivity index (χ4n) is 7.07. The van der Waals surface area contributed by atoms with Gasteiger partial charge < -0.3 is 15.1 Å². The molecule has 0 spiro atoms. The molecule has 2 aliphatic heterocycles. The molecule has 5 heterocycles. The quantitative estimate of drug-likeness (QED) is 0.198. The van der Waals surface area contributed by atoms with Crippen molar-refractivity contribution in [1.29, 1.82) is 0 Å². The molecule has 3 fully saturated rings. The summed E-state index contributed by atoms with van der Waals surface area (Å²) in [5.74, 6) is 1.58. The van der Waals surface area contributed by atoms with Gasteiger partial charge in [-0.3, -0.25) is 24.2 Å². The van der Waals surface area contributed by atoms with Crippen molar-refractivity contribution in [3.63, 3.8) is 0 Å². The maximum atomic E-state index is 13.5. The predicted octanol–water partition coefficient (Wildman–Crippen LogP) is 3.21. The van der Waals surface area contributed by atoms with Crippen molar-refractivity contribution < 1.29 is 14.8 Å². The lowest BCUT2D eigenvalue weighted by molar-refractivity contribution is -0.129. The van der Waals surface area contributed by atoms with E-state index in [1.807, 2.05) is 12.3 Å². The Labute approximate surface area is 244 Å². The van der Waals surface area contributed by atoms with Gasteiger partial charge in [0.2, 0.25) is 11.9 Å². The summed E-state index contributed by atoms with van der Waals surface area (Å²) in [6.07, 6.45) is 8.54. The van der Waals surface area contributed by atoms with Crippen LogP contribution in [-0.4, -0.2) is 74.0 Å². The highest BCUT2D eigenvalue weighted by molar-refractivity contribution is 5.99. The molecule has 2 unspecified atom stereocenters. The molecule has 0 bridgehead atoms. The number of likely N-dealkylation sites (tertiary alicyclic amines) is 1. The number of nitrogens with one attached hydrogen (secondary N) is 2. The third kappa shape index (κ3) is 5.48. The zero-order valence-corrected chi connectivity index (χ0v) is 24.2. The van der Waals surface area contributed by atoms with Gasteiger partial charge in [0.05, 0.1) is 17.4 Å². The van der Waals surface area contributed by atoms with E-state index in [1.165, 1.54) is 6.92 Å². The molecule has 222 valence electrons. The van der Waals surface area contributed by atoms with Crippen LogP contribution in [0.15, 0.2) is 29.3 Å². The Morgan fingerprint density at radius 2 is 1.79 bits per heavy atom.